The van der Waals surface area contributed by atoms with Gasteiger partial charge in [-0.1, -0.05) is 23.7 Å². The molecule has 0 fully saturated rings. The van der Waals surface area contributed by atoms with Crippen LogP contribution in [0.15, 0.2) is 29.3 Å². The number of amides is 1. The van der Waals surface area contributed by atoms with E-state index in [2.05, 4.69) is 20.9 Å². The van der Waals surface area contributed by atoms with Crippen LogP contribution in [-0.4, -0.2) is 38.5 Å². The molecule has 0 aromatic heterocycles. The minimum Gasteiger partial charge on any atom is -0.359 e. The molecule has 0 unspecified atom stereocenters. The summed E-state index contributed by atoms with van der Waals surface area (Å²) >= 11 is 5.99. The van der Waals surface area contributed by atoms with Crippen molar-refractivity contribution in [3.8, 4) is 0 Å². The summed E-state index contributed by atoms with van der Waals surface area (Å²) in [7, 11) is 1.64. The van der Waals surface area contributed by atoms with Crippen LogP contribution in [0.2, 0.25) is 5.02 Å². The zero-order chi connectivity index (χ0) is 17.3. The predicted molar refractivity (Wildman–Crippen MR) is 112 cm³/mol. The number of carbonyl (C=O) groups excluding carboxylic acids is 1. The summed E-state index contributed by atoms with van der Waals surface area (Å²) in [5.41, 5.74) is 0.635. The van der Waals surface area contributed by atoms with Crippen molar-refractivity contribution in [1.29, 1.82) is 0 Å². The van der Waals surface area contributed by atoms with E-state index in [9.17, 15) is 4.79 Å². The Morgan fingerprint density at radius 1 is 1.29 bits per heavy atom. The maximum atomic E-state index is 11.8. The van der Waals surface area contributed by atoms with Crippen molar-refractivity contribution in [1.82, 2.24) is 16.0 Å². The minimum atomic E-state index is -0.538. The van der Waals surface area contributed by atoms with Crippen molar-refractivity contribution in [3.05, 3.63) is 34.9 Å². The molecule has 1 aromatic carbocycles. The summed E-state index contributed by atoms with van der Waals surface area (Å²) in [5, 5.41) is 9.89. The standard InChI is InChI=1S/C17H27ClN4O.HI/c1-5-20-16(22-12-17(2,3)15(23)19-4)21-10-9-13-7-6-8-14(18)11-13;/h6-8,11H,5,9-10,12H2,1-4H3,(H,19,23)(H2,20,21,22);1H. The second kappa shape index (κ2) is 11.5. The van der Waals surface area contributed by atoms with Crippen LogP contribution in [0.4, 0.5) is 0 Å². The van der Waals surface area contributed by atoms with E-state index in [1.165, 1.54) is 5.56 Å². The maximum Gasteiger partial charge on any atom is 0.227 e. The minimum absolute atomic E-state index is 0. The Morgan fingerprint density at radius 3 is 2.58 bits per heavy atom. The van der Waals surface area contributed by atoms with Crippen molar-refractivity contribution in [2.75, 3.05) is 26.7 Å². The Hall–Kier alpha value is -1.02. The van der Waals surface area contributed by atoms with Gasteiger partial charge in [0, 0.05) is 25.2 Å². The highest BCUT2D eigenvalue weighted by Crippen LogP contribution is 2.15. The van der Waals surface area contributed by atoms with Crippen molar-refractivity contribution in [2.24, 2.45) is 10.4 Å². The Morgan fingerprint density at radius 2 is 2.00 bits per heavy atom. The average Bonchev–Trinajstić information content (AvgIpc) is 2.52. The van der Waals surface area contributed by atoms with Crippen molar-refractivity contribution < 1.29 is 4.79 Å². The molecule has 0 saturated carbocycles. The van der Waals surface area contributed by atoms with Gasteiger partial charge in [-0.05, 0) is 44.9 Å². The molecule has 1 aromatic rings. The smallest absolute Gasteiger partial charge is 0.227 e. The summed E-state index contributed by atoms with van der Waals surface area (Å²) < 4.78 is 0. The van der Waals surface area contributed by atoms with E-state index in [1.807, 2.05) is 45.0 Å². The molecule has 3 N–H and O–H groups in total. The van der Waals surface area contributed by atoms with Crippen LogP contribution in [0, 0.1) is 5.41 Å². The summed E-state index contributed by atoms with van der Waals surface area (Å²) in [6.07, 6.45) is 0.851. The number of guanidine groups is 1. The van der Waals surface area contributed by atoms with Gasteiger partial charge in [0.25, 0.3) is 0 Å². The third kappa shape index (κ3) is 8.19. The van der Waals surface area contributed by atoms with Crippen molar-refractivity contribution in [2.45, 2.75) is 27.2 Å². The van der Waals surface area contributed by atoms with Gasteiger partial charge in [0.2, 0.25) is 5.91 Å². The Labute approximate surface area is 167 Å². The lowest BCUT2D eigenvalue weighted by atomic mass is 9.93. The van der Waals surface area contributed by atoms with Gasteiger partial charge in [0.1, 0.15) is 0 Å². The lowest BCUT2D eigenvalue weighted by Crippen LogP contribution is -2.41. The zero-order valence-electron chi connectivity index (χ0n) is 14.8. The normalized spacial score (nSPS) is 11.5. The Kier molecular flexibility index (Phi) is 11.0. The number of hydrogen-bond donors (Lipinski definition) is 3. The molecule has 0 saturated heterocycles. The fourth-order valence-corrected chi connectivity index (χ4v) is 2.26. The van der Waals surface area contributed by atoms with Crippen LogP contribution in [0.3, 0.4) is 0 Å². The number of nitrogens with one attached hydrogen (secondary N) is 3. The number of halogens is 2. The number of hydrogen-bond acceptors (Lipinski definition) is 2. The topological polar surface area (TPSA) is 65.5 Å². The molecule has 0 heterocycles. The molecule has 136 valence electrons. The van der Waals surface area contributed by atoms with Gasteiger partial charge in [-0.15, -0.1) is 24.0 Å². The van der Waals surface area contributed by atoms with Gasteiger partial charge in [0.05, 0.1) is 12.0 Å². The molecule has 0 atom stereocenters. The lowest BCUT2D eigenvalue weighted by Gasteiger charge is -2.21. The largest absolute Gasteiger partial charge is 0.359 e. The van der Waals surface area contributed by atoms with E-state index in [-0.39, 0.29) is 29.9 Å². The number of rotatable bonds is 7. The first-order chi connectivity index (χ1) is 10.9. The molecule has 0 spiro atoms. The quantitative estimate of drug-likeness (QED) is 0.329. The van der Waals surface area contributed by atoms with Crippen molar-refractivity contribution in [3.63, 3.8) is 0 Å². The van der Waals surface area contributed by atoms with Crippen LogP contribution in [0.25, 0.3) is 0 Å². The van der Waals surface area contributed by atoms with Crippen LogP contribution in [-0.2, 0) is 11.2 Å². The van der Waals surface area contributed by atoms with E-state index in [0.717, 1.165) is 24.5 Å². The molecule has 5 nitrogen and oxygen atoms in total. The van der Waals surface area contributed by atoms with Crippen LogP contribution in [0.1, 0.15) is 26.3 Å². The van der Waals surface area contributed by atoms with Gasteiger partial charge < -0.3 is 16.0 Å². The lowest BCUT2D eigenvalue weighted by molar-refractivity contribution is -0.128. The molecule has 0 aliphatic rings. The van der Waals surface area contributed by atoms with E-state index in [0.29, 0.717) is 12.5 Å². The monoisotopic (exact) mass is 466 g/mol. The number of benzene rings is 1. The summed E-state index contributed by atoms with van der Waals surface area (Å²) in [6.45, 7) is 7.70. The molecule has 7 heteroatoms. The Balaban J connectivity index is 0.00000529. The second-order valence-electron chi connectivity index (χ2n) is 5.96. The molecule has 0 aliphatic heterocycles. The summed E-state index contributed by atoms with van der Waals surface area (Å²) in [4.78, 5) is 16.3. The van der Waals surface area contributed by atoms with E-state index >= 15 is 0 Å². The Bertz CT molecular complexity index is 549. The fraction of sp³-hybridized carbons (Fsp3) is 0.529. The predicted octanol–water partition coefficient (Wildman–Crippen LogP) is 2.83. The zero-order valence-corrected chi connectivity index (χ0v) is 17.9. The summed E-state index contributed by atoms with van der Waals surface area (Å²) in [5.74, 6) is 0.697. The van der Waals surface area contributed by atoms with Crippen molar-refractivity contribution >= 4 is 47.4 Å². The highest BCUT2D eigenvalue weighted by Gasteiger charge is 2.26. The molecule has 0 bridgehead atoms. The maximum absolute atomic E-state index is 11.8. The third-order valence-electron chi connectivity index (χ3n) is 3.41. The average molecular weight is 467 g/mol. The van der Waals surface area contributed by atoms with Gasteiger partial charge in [-0.25, -0.2) is 0 Å². The first kappa shape index (κ1) is 23.0. The SMILES string of the molecule is CCNC(=NCC(C)(C)C(=O)NC)NCCc1cccc(Cl)c1.I. The van der Waals surface area contributed by atoms with Crippen LogP contribution in [0.5, 0.6) is 0 Å². The first-order valence-electron chi connectivity index (χ1n) is 7.88. The van der Waals surface area contributed by atoms with Crippen LogP contribution >= 0.6 is 35.6 Å². The molecule has 1 rings (SSSR count). The molecule has 0 radical (unpaired) electrons. The number of carbonyl (C=O) groups is 1. The molecular formula is C17H28ClIN4O. The molecular weight excluding hydrogens is 439 g/mol. The van der Waals surface area contributed by atoms with E-state index in [4.69, 9.17) is 11.6 Å². The van der Waals surface area contributed by atoms with Gasteiger partial charge in [-0.3, -0.25) is 9.79 Å². The molecule has 24 heavy (non-hydrogen) atoms. The van der Waals surface area contributed by atoms with Gasteiger partial charge in [-0.2, -0.15) is 0 Å². The highest BCUT2D eigenvalue weighted by molar-refractivity contribution is 14.0. The fourth-order valence-electron chi connectivity index (χ4n) is 2.05. The van der Waals surface area contributed by atoms with E-state index in [1.54, 1.807) is 7.05 Å². The number of aliphatic imine (C=N–C) groups is 1. The van der Waals surface area contributed by atoms with Gasteiger partial charge in [0.15, 0.2) is 5.96 Å². The summed E-state index contributed by atoms with van der Waals surface area (Å²) in [6, 6.07) is 7.82. The van der Waals surface area contributed by atoms with E-state index < -0.39 is 5.41 Å². The highest BCUT2D eigenvalue weighted by atomic mass is 127. The molecule has 1 amide bonds. The van der Waals surface area contributed by atoms with Gasteiger partial charge >= 0.3 is 0 Å². The van der Waals surface area contributed by atoms with Crippen LogP contribution < -0.4 is 16.0 Å². The third-order valence-corrected chi connectivity index (χ3v) is 3.65. The second-order valence-corrected chi connectivity index (χ2v) is 6.40. The number of nitrogens with zero attached hydrogens (tertiary/aromatic N) is 1. The first-order valence-corrected chi connectivity index (χ1v) is 8.25. The molecule has 0 aliphatic carbocycles.